The van der Waals surface area contributed by atoms with Gasteiger partial charge in [0.1, 0.15) is 0 Å². The van der Waals surface area contributed by atoms with Crippen molar-refractivity contribution >= 4 is 53.1 Å². The molecule has 1 atom stereocenters. The molecule has 1 aromatic carbocycles. The van der Waals surface area contributed by atoms with Gasteiger partial charge in [-0.1, -0.05) is 23.2 Å². The molecule has 9 heteroatoms. The van der Waals surface area contributed by atoms with E-state index in [-0.39, 0.29) is 30.5 Å². The molecule has 0 radical (unpaired) electrons. The molecule has 1 heterocycles. The molecule has 0 aliphatic rings. The Labute approximate surface area is 181 Å². The summed E-state index contributed by atoms with van der Waals surface area (Å²) in [6.45, 7) is 4.61. The number of hydrogen-bond donors (Lipinski definition) is 3. The van der Waals surface area contributed by atoms with Crippen LogP contribution in [0.5, 0.6) is 0 Å². The Morgan fingerprint density at radius 3 is 2.62 bits per heavy atom. The first-order valence-electron chi connectivity index (χ1n) is 8.20. The largest absolute Gasteiger partial charge is 0.386 e. The second-order valence-electron chi connectivity index (χ2n) is 5.52. The van der Waals surface area contributed by atoms with Crippen LogP contribution in [0.2, 0.25) is 10.0 Å². The number of imidazole rings is 1. The quantitative estimate of drug-likeness (QED) is 0.219. The number of aliphatic hydroxyl groups is 1. The van der Waals surface area contributed by atoms with Gasteiger partial charge in [-0.3, -0.25) is 4.99 Å². The summed E-state index contributed by atoms with van der Waals surface area (Å²) < 4.78 is 2.03. The average molecular weight is 512 g/mol. The van der Waals surface area contributed by atoms with E-state index in [2.05, 4.69) is 20.6 Å². The molecule has 2 rings (SSSR count). The third-order valence-corrected chi connectivity index (χ3v) is 3.92. The normalized spacial score (nSPS) is 12.4. The maximum absolute atomic E-state index is 10.3. The van der Waals surface area contributed by atoms with Gasteiger partial charge in [0, 0.05) is 42.1 Å². The van der Waals surface area contributed by atoms with E-state index in [4.69, 9.17) is 23.2 Å². The zero-order chi connectivity index (χ0) is 18.1. The fourth-order valence-electron chi connectivity index (χ4n) is 2.28. The lowest BCUT2D eigenvalue weighted by atomic mass is 10.1. The van der Waals surface area contributed by atoms with Crippen molar-refractivity contribution in [1.29, 1.82) is 0 Å². The summed E-state index contributed by atoms with van der Waals surface area (Å²) in [5.41, 5.74) is 0.650. The Bertz CT molecular complexity index is 662. The number of aryl methyl sites for hydroxylation is 1. The highest BCUT2D eigenvalue weighted by Crippen LogP contribution is 2.23. The minimum Gasteiger partial charge on any atom is -0.386 e. The number of nitrogens with one attached hydrogen (secondary N) is 2. The van der Waals surface area contributed by atoms with Crippen LogP contribution in [0.1, 0.15) is 25.0 Å². The molecule has 0 aliphatic carbocycles. The zero-order valence-corrected chi connectivity index (χ0v) is 18.4. The molecule has 1 aromatic heterocycles. The van der Waals surface area contributed by atoms with Crippen LogP contribution in [0.25, 0.3) is 0 Å². The van der Waals surface area contributed by atoms with Crippen LogP contribution >= 0.6 is 47.2 Å². The number of nitrogens with zero attached hydrogens (tertiary/aromatic N) is 3. The summed E-state index contributed by atoms with van der Waals surface area (Å²) in [7, 11) is 0. The van der Waals surface area contributed by atoms with Gasteiger partial charge in [0.15, 0.2) is 5.96 Å². The lowest BCUT2D eigenvalue weighted by Gasteiger charge is -2.14. The molecule has 0 bridgehead atoms. The van der Waals surface area contributed by atoms with E-state index in [1.807, 2.05) is 17.7 Å². The minimum atomic E-state index is -0.766. The van der Waals surface area contributed by atoms with Gasteiger partial charge >= 0.3 is 0 Å². The second-order valence-corrected chi connectivity index (χ2v) is 6.39. The van der Waals surface area contributed by atoms with E-state index < -0.39 is 6.10 Å². The van der Waals surface area contributed by atoms with Crippen LogP contribution in [0.4, 0.5) is 0 Å². The van der Waals surface area contributed by atoms with Gasteiger partial charge in [0.25, 0.3) is 0 Å². The van der Waals surface area contributed by atoms with Gasteiger partial charge in [0.2, 0.25) is 0 Å². The molecule has 0 amide bonds. The number of benzene rings is 1. The summed E-state index contributed by atoms with van der Waals surface area (Å²) in [4.78, 5) is 8.44. The molecule has 6 nitrogen and oxygen atoms in total. The molecule has 2 aromatic rings. The first kappa shape index (κ1) is 23.0. The molecule has 0 aliphatic heterocycles. The molecule has 0 saturated carbocycles. The molecular weight excluding hydrogens is 488 g/mol. The highest BCUT2D eigenvalue weighted by atomic mass is 127. The van der Waals surface area contributed by atoms with E-state index in [9.17, 15) is 5.11 Å². The fourth-order valence-corrected chi connectivity index (χ4v) is 2.82. The van der Waals surface area contributed by atoms with Crippen LogP contribution in [0.15, 0.2) is 41.9 Å². The van der Waals surface area contributed by atoms with Crippen molar-refractivity contribution in [3.8, 4) is 0 Å². The van der Waals surface area contributed by atoms with E-state index >= 15 is 0 Å². The summed E-state index contributed by atoms with van der Waals surface area (Å²) in [5.74, 6) is 0.667. The molecule has 26 heavy (non-hydrogen) atoms. The first-order chi connectivity index (χ1) is 12.1. The summed E-state index contributed by atoms with van der Waals surface area (Å²) in [5, 5.41) is 17.7. The van der Waals surface area contributed by atoms with Crippen LogP contribution in [0, 0.1) is 0 Å². The van der Waals surface area contributed by atoms with Crippen molar-refractivity contribution in [1.82, 2.24) is 20.2 Å². The highest BCUT2D eigenvalue weighted by molar-refractivity contribution is 14.0. The summed E-state index contributed by atoms with van der Waals surface area (Å²) >= 11 is 11.9. The van der Waals surface area contributed by atoms with Crippen molar-refractivity contribution in [3.05, 3.63) is 52.5 Å². The third kappa shape index (κ3) is 8.11. The van der Waals surface area contributed by atoms with Crippen molar-refractivity contribution in [2.75, 3.05) is 19.6 Å². The topological polar surface area (TPSA) is 74.5 Å². The molecule has 0 spiro atoms. The van der Waals surface area contributed by atoms with Gasteiger partial charge in [0.05, 0.1) is 19.0 Å². The molecule has 0 fully saturated rings. The second kappa shape index (κ2) is 12.4. The van der Waals surface area contributed by atoms with Crippen molar-refractivity contribution < 1.29 is 5.11 Å². The van der Waals surface area contributed by atoms with Gasteiger partial charge < -0.3 is 20.3 Å². The number of aliphatic hydroxyl groups excluding tert-OH is 1. The number of aliphatic imine (C=N–C) groups is 1. The van der Waals surface area contributed by atoms with E-state index in [0.717, 1.165) is 26.1 Å². The zero-order valence-electron chi connectivity index (χ0n) is 14.5. The fraction of sp³-hybridized carbons (Fsp3) is 0.412. The monoisotopic (exact) mass is 511 g/mol. The van der Waals surface area contributed by atoms with Gasteiger partial charge in [-0.25, -0.2) is 4.98 Å². The van der Waals surface area contributed by atoms with Crippen LogP contribution < -0.4 is 10.6 Å². The molecule has 144 valence electrons. The van der Waals surface area contributed by atoms with Crippen molar-refractivity contribution in [2.24, 2.45) is 4.99 Å². The maximum atomic E-state index is 10.3. The van der Waals surface area contributed by atoms with Crippen molar-refractivity contribution in [2.45, 2.75) is 26.0 Å². The Kier molecular flexibility index (Phi) is 11.0. The van der Waals surface area contributed by atoms with Crippen LogP contribution in [-0.2, 0) is 6.54 Å². The van der Waals surface area contributed by atoms with E-state index in [0.29, 0.717) is 21.6 Å². The number of halogens is 3. The Hall–Kier alpha value is -1.03. The van der Waals surface area contributed by atoms with E-state index in [1.54, 1.807) is 30.7 Å². The number of rotatable bonds is 8. The minimum absolute atomic E-state index is 0. The van der Waals surface area contributed by atoms with Crippen LogP contribution in [0.3, 0.4) is 0 Å². The summed E-state index contributed by atoms with van der Waals surface area (Å²) in [6, 6.07) is 5.02. The van der Waals surface area contributed by atoms with E-state index in [1.165, 1.54) is 0 Å². The number of aromatic nitrogens is 2. The average Bonchev–Trinajstić information content (AvgIpc) is 3.08. The molecule has 0 saturated heterocycles. The molecule has 1 unspecified atom stereocenters. The Morgan fingerprint density at radius 1 is 1.27 bits per heavy atom. The number of hydrogen-bond acceptors (Lipinski definition) is 3. The van der Waals surface area contributed by atoms with Gasteiger partial charge in [-0.15, -0.1) is 24.0 Å². The Balaban J connectivity index is 0.00000338. The highest BCUT2D eigenvalue weighted by Gasteiger charge is 2.09. The number of guanidine groups is 1. The van der Waals surface area contributed by atoms with Crippen molar-refractivity contribution in [3.63, 3.8) is 0 Å². The maximum Gasteiger partial charge on any atom is 0.191 e. The smallest absolute Gasteiger partial charge is 0.191 e. The predicted octanol–water partition coefficient (Wildman–Crippen LogP) is 3.49. The predicted molar refractivity (Wildman–Crippen MR) is 118 cm³/mol. The lowest BCUT2D eigenvalue weighted by molar-refractivity contribution is 0.187. The van der Waals surface area contributed by atoms with Gasteiger partial charge in [-0.05, 0) is 37.1 Å². The van der Waals surface area contributed by atoms with Crippen LogP contribution in [-0.4, -0.2) is 40.3 Å². The molecular formula is C17H24Cl2IN5O. The summed E-state index contributed by atoms with van der Waals surface area (Å²) in [6.07, 6.45) is 5.67. The first-order valence-corrected chi connectivity index (χ1v) is 8.96. The van der Waals surface area contributed by atoms with Gasteiger partial charge in [-0.2, -0.15) is 0 Å². The molecule has 3 N–H and O–H groups in total. The standard InChI is InChI=1S/C17H23Cl2N5O.HI/c1-2-21-17(22-4-3-6-24-7-5-20-12-24)23-11-16(25)13-8-14(18)10-15(19)9-13;/h5,7-10,12,16,25H,2-4,6,11H2,1H3,(H2,21,22,23);1H. The SMILES string of the molecule is CCNC(=NCC(O)c1cc(Cl)cc(Cl)c1)NCCCn1ccnc1.I. The third-order valence-electron chi connectivity index (χ3n) is 3.48. The Morgan fingerprint density at radius 2 is 2.00 bits per heavy atom. The lowest BCUT2D eigenvalue weighted by Crippen LogP contribution is -2.38.